The quantitative estimate of drug-likeness (QED) is 0.641. The van der Waals surface area contributed by atoms with Crippen molar-refractivity contribution >= 4 is 30.7 Å². The van der Waals surface area contributed by atoms with Crippen LogP contribution in [0.1, 0.15) is 43.9 Å². The van der Waals surface area contributed by atoms with Gasteiger partial charge in [-0.05, 0) is 31.7 Å². The molecule has 4 rings (SSSR count). The second-order valence-corrected chi connectivity index (χ2v) is 8.16. The molecule has 2 aliphatic rings. The van der Waals surface area contributed by atoms with E-state index < -0.39 is 6.04 Å². The number of hydrogen-bond acceptors (Lipinski definition) is 4. The lowest BCUT2D eigenvalue weighted by Crippen LogP contribution is -2.68. The Kier molecular flexibility index (Phi) is 8.73. The minimum absolute atomic E-state index is 0. The van der Waals surface area contributed by atoms with E-state index in [2.05, 4.69) is 22.4 Å². The van der Waals surface area contributed by atoms with Crippen LogP contribution in [0.3, 0.4) is 0 Å². The zero-order chi connectivity index (χ0) is 19.6. The van der Waals surface area contributed by atoms with Gasteiger partial charge in [-0.2, -0.15) is 0 Å². The number of ether oxygens (including phenoxy) is 1. The first kappa shape index (κ1) is 24.7. The van der Waals surface area contributed by atoms with E-state index in [-0.39, 0.29) is 42.2 Å². The van der Waals surface area contributed by atoms with Gasteiger partial charge in [0, 0.05) is 37.2 Å². The molecule has 3 atom stereocenters. The van der Waals surface area contributed by atoms with Gasteiger partial charge >= 0.3 is 0 Å². The molecule has 0 bridgehead atoms. The Labute approximate surface area is 190 Å². The fourth-order valence-electron chi connectivity index (χ4n) is 4.63. The number of nitrogens with zero attached hydrogens (tertiary/aromatic N) is 2. The summed E-state index contributed by atoms with van der Waals surface area (Å²) in [6, 6.07) is 9.85. The Morgan fingerprint density at radius 1 is 1.33 bits per heavy atom. The second-order valence-electron chi connectivity index (χ2n) is 8.16. The molecule has 1 aromatic carbocycles. The topological polar surface area (TPSA) is 82.2 Å². The highest BCUT2D eigenvalue weighted by Gasteiger charge is 2.59. The van der Waals surface area contributed by atoms with Crippen molar-refractivity contribution in [3.05, 3.63) is 54.1 Å². The SMILES string of the molecule is CCOC1CC(NC(=O)[C@@H](N)Cc2cn(Cc3ccccc3)cn2)C12CCC2.Cl.Cl. The Balaban J connectivity index is 0.00000160. The first-order valence-electron chi connectivity index (χ1n) is 10.3. The van der Waals surface area contributed by atoms with Crippen LogP contribution in [-0.2, 0) is 22.5 Å². The van der Waals surface area contributed by atoms with E-state index in [1.54, 1.807) is 6.33 Å². The molecule has 8 heteroatoms. The average molecular weight is 455 g/mol. The summed E-state index contributed by atoms with van der Waals surface area (Å²) in [4.78, 5) is 17.1. The summed E-state index contributed by atoms with van der Waals surface area (Å²) in [6.07, 6.45) is 8.92. The van der Waals surface area contributed by atoms with Crippen molar-refractivity contribution in [1.82, 2.24) is 14.9 Å². The summed E-state index contributed by atoms with van der Waals surface area (Å²) in [7, 11) is 0. The van der Waals surface area contributed by atoms with Crippen molar-refractivity contribution in [2.75, 3.05) is 6.61 Å². The molecular formula is C22H32Cl2N4O2. The average Bonchev–Trinajstić information content (AvgIpc) is 3.06. The Morgan fingerprint density at radius 3 is 2.70 bits per heavy atom. The Morgan fingerprint density at radius 2 is 2.07 bits per heavy atom. The number of aromatic nitrogens is 2. The van der Waals surface area contributed by atoms with Crippen LogP contribution in [0.15, 0.2) is 42.9 Å². The fraction of sp³-hybridized carbons (Fsp3) is 0.545. The minimum atomic E-state index is -0.580. The highest BCUT2D eigenvalue weighted by molar-refractivity contribution is 5.85. The summed E-state index contributed by atoms with van der Waals surface area (Å²) in [6.45, 7) is 3.53. The third-order valence-electron chi connectivity index (χ3n) is 6.41. The third kappa shape index (κ3) is 4.99. The Hall–Kier alpha value is -1.60. The van der Waals surface area contributed by atoms with Gasteiger partial charge in [-0.1, -0.05) is 36.8 Å². The molecule has 0 aliphatic heterocycles. The molecule has 1 aromatic heterocycles. The molecule has 2 aromatic rings. The van der Waals surface area contributed by atoms with Crippen molar-refractivity contribution < 1.29 is 9.53 Å². The molecule has 2 unspecified atom stereocenters. The predicted octanol–water partition coefficient (Wildman–Crippen LogP) is 3.11. The van der Waals surface area contributed by atoms with Gasteiger partial charge in [0.05, 0.1) is 24.2 Å². The highest BCUT2D eigenvalue weighted by Crippen LogP contribution is 2.57. The molecule has 166 valence electrons. The number of halogens is 2. The third-order valence-corrected chi connectivity index (χ3v) is 6.41. The van der Waals surface area contributed by atoms with E-state index >= 15 is 0 Å². The lowest BCUT2D eigenvalue weighted by atomic mass is 9.51. The van der Waals surface area contributed by atoms with E-state index in [1.165, 1.54) is 12.0 Å². The zero-order valence-corrected chi connectivity index (χ0v) is 19.0. The number of hydrogen-bond donors (Lipinski definition) is 2. The summed E-state index contributed by atoms with van der Waals surface area (Å²) >= 11 is 0. The van der Waals surface area contributed by atoms with Crippen molar-refractivity contribution in [3.63, 3.8) is 0 Å². The monoisotopic (exact) mass is 454 g/mol. The maximum atomic E-state index is 12.6. The van der Waals surface area contributed by atoms with Crippen molar-refractivity contribution in [2.45, 2.75) is 63.8 Å². The molecule has 2 aliphatic carbocycles. The summed E-state index contributed by atoms with van der Waals surface area (Å²) < 4.78 is 7.88. The zero-order valence-electron chi connectivity index (χ0n) is 17.3. The van der Waals surface area contributed by atoms with Gasteiger partial charge in [-0.25, -0.2) is 4.98 Å². The van der Waals surface area contributed by atoms with Gasteiger partial charge in [-0.3, -0.25) is 4.79 Å². The van der Waals surface area contributed by atoms with E-state index in [4.69, 9.17) is 10.5 Å². The molecule has 1 heterocycles. The highest BCUT2D eigenvalue weighted by atomic mass is 35.5. The van der Waals surface area contributed by atoms with Gasteiger partial charge in [0.2, 0.25) is 5.91 Å². The second kappa shape index (κ2) is 10.6. The van der Waals surface area contributed by atoms with Crippen LogP contribution in [0.5, 0.6) is 0 Å². The van der Waals surface area contributed by atoms with Crippen molar-refractivity contribution in [2.24, 2.45) is 11.1 Å². The number of nitrogens with one attached hydrogen (secondary N) is 1. The standard InChI is InChI=1S/C22H30N4O2.2ClH/c1-2-28-20-12-19(22(20)9-6-10-22)25-21(27)18(23)11-17-14-26(15-24-17)13-16-7-4-3-5-8-16;;/h3-5,7-8,14-15,18-20H,2,6,9-13,23H2,1H3,(H,25,27);2*1H/t18-,19?,20?;;/m0../s1. The lowest BCUT2D eigenvalue weighted by Gasteiger charge is -2.61. The smallest absolute Gasteiger partial charge is 0.237 e. The number of amides is 1. The fourth-order valence-corrected chi connectivity index (χ4v) is 4.63. The molecule has 1 amide bonds. The maximum absolute atomic E-state index is 12.6. The van der Waals surface area contributed by atoms with Crippen molar-refractivity contribution in [1.29, 1.82) is 0 Å². The van der Waals surface area contributed by atoms with E-state index in [0.29, 0.717) is 12.5 Å². The summed E-state index contributed by atoms with van der Waals surface area (Å²) in [5, 5.41) is 3.19. The van der Waals surface area contributed by atoms with Crippen LogP contribution in [0.2, 0.25) is 0 Å². The first-order valence-corrected chi connectivity index (χ1v) is 10.3. The van der Waals surface area contributed by atoms with E-state index in [9.17, 15) is 4.79 Å². The number of carbonyl (C=O) groups excluding carboxylic acids is 1. The number of benzene rings is 1. The lowest BCUT2D eigenvalue weighted by molar-refractivity contribution is -0.176. The number of rotatable bonds is 8. The van der Waals surface area contributed by atoms with Gasteiger partial charge in [0.1, 0.15) is 0 Å². The van der Waals surface area contributed by atoms with Crippen LogP contribution >= 0.6 is 24.8 Å². The summed E-state index contributed by atoms with van der Waals surface area (Å²) in [5.41, 5.74) is 8.40. The van der Waals surface area contributed by atoms with Gasteiger partial charge in [0.15, 0.2) is 0 Å². The molecule has 1 spiro atoms. The predicted molar refractivity (Wildman–Crippen MR) is 122 cm³/mol. The van der Waals surface area contributed by atoms with Crippen LogP contribution in [0.4, 0.5) is 0 Å². The van der Waals surface area contributed by atoms with Gasteiger partial charge < -0.3 is 20.4 Å². The first-order chi connectivity index (χ1) is 13.6. The minimum Gasteiger partial charge on any atom is -0.378 e. The summed E-state index contributed by atoms with van der Waals surface area (Å²) in [5.74, 6) is -0.0798. The maximum Gasteiger partial charge on any atom is 0.237 e. The van der Waals surface area contributed by atoms with Gasteiger partial charge in [-0.15, -0.1) is 24.8 Å². The molecule has 2 fully saturated rings. The van der Waals surface area contributed by atoms with Gasteiger partial charge in [0.25, 0.3) is 0 Å². The van der Waals surface area contributed by atoms with Crippen molar-refractivity contribution in [3.8, 4) is 0 Å². The van der Waals surface area contributed by atoms with Crippen LogP contribution in [0, 0.1) is 5.41 Å². The molecule has 0 saturated heterocycles. The molecule has 2 saturated carbocycles. The number of carbonyl (C=O) groups is 1. The molecule has 30 heavy (non-hydrogen) atoms. The van der Waals surface area contributed by atoms with E-state index in [0.717, 1.165) is 38.1 Å². The van der Waals surface area contributed by atoms with Crippen LogP contribution in [0.25, 0.3) is 0 Å². The number of imidazole rings is 1. The van der Waals surface area contributed by atoms with E-state index in [1.807, 2.05) is 35.9 Å². The van der Waals surface area contributed by atoms with Crippen LogP contribution < -0.4 is 11.1 Å². The molecular weight excluding hydrogens is 423 g/mol. The molecule has 3 N–H and O–H groups in total. The largest absolute Gasteiger partial charge is 0.378 e. The molecule has 0 radical (unpaired) electrons. The normalized spacial score (nSPS) is 22.1. The Bertz CT molecular complexity index is 810. The number of nitrogens with two attached hydrogens (primary N) is 1. The van der Waals surface area contributed by atoms with Crippen LogP contribution in [-0.4, -0.2) is 40.3 Å². The molecule has 6 nitrogen and oxygen atoms in total.